The predicted molar refractivity (Wildman–Crippen MR) is 91.8 cm³/mol. The smallest absolute Gasteiger partial charge is 0.258 e. The number of nitrogens with one attached hydrogen (secondary N) is 1. The molecule has 0 amide bonds. The van der Waals surface area contributed by atoms with Gasteiger partial charge >= 0.3 is 0 Å². The summed E-state index contributed by atoms with van der Waals surface area (Å²) in [5.74, 6) is 0. The van der Waals surface area contributed by atoms with E-state index in [1.54, 1.807) is 0 Å². The maximum Gasteiger partial charge on any atom is 0.258 e. The largest absolute Gasteiger partial charge is 0.313 e. The third-order valence-corrected chi connectivity index (χ3v) is 4.51. The number of aromatic amines is 1. The number of hydrogen-bond acceptors (Lipinski definition) is 2. The van der Waals surface area contributed by atoms with Crippen LogP contribution in [0.1, 0.15) is 25.0 Å². The summed E-state index contributed by atoms with van der Waals surface area (Å²) >= 11 is 0. The molecular formula is C19H18N3O+. The average molecular weight is 304 g/mol. The molecule has 0 saturated carbocycles. The second-order valence-electron chi connectivity index (χ2n) is 6.66. The van der Waals surface area contributed by atoms with Crippen molar-refractivity contribution in [2.75, 3.05) is 6.54 Å². The Bertz CT molecular complexity index is 999. The quantitative estimate of drug-likeness (QED) is 0.703. The van der Waals surface area contributed by atoms with E-state index in [-0.39, 0.29) is 11.0 Å². The van der Waals surface area contributed by atoms with Crippen LogP contribution in [-0.2, 0) is 5.41 Å². The summed E-state index contributed by atoms with van der Waals surface area (Å²) in [6, 6.07) is 14.3. The maximum atomic E-state index is 12.0. The van der Waals surface area contributed by atoms with Crippen molar-refractivity contribution < 1.29 is 4.58 Å². The average Bonchev–Trinajstić information content (AvgIpc) is 2.54. The van der Waals surface area contributed by atoms with Crippen LogP contribution in [0.2, 0.25) is 0 Å². The van der Waals surface area contributed by atoms with Gasteiger partial charge in [0.2, 0.25) is 5.69 Å². The number of benzene rings is 2. The first-order valence-electron chi connectivity index (χ1n) is 7.73. The zero-order chi connectivity index (χ0) is 16.0. The lowest BCUT2D eigenvalue weighted by atomic mass is 9.80. The highest BCUT2D eigenvalue weighted by atomic mass is 16.1. The van der Waals surface area contributed by atoms with Crippen LogP contribution in [-0.4, -0.2) is 27.3 Å². The molecule has 114 valence electrons. The van der Waals surface area contributed by atoms with E-state index in [1.165, 1.54) is 17.5 Å². The van der Waals surface area contributed by atoms with Crippen LogP contribution in [0.25, 0.3) is 10.9 Å². The van der Waals surface area contributed by atoms with Gasteiger partial charge in [-0.15, -0.1) is 0 Å². The summed E-state index contributed by atoms with van der Waals surface area (Å²) in [7, 11) is 0. The van der Waals surface area contributed by atoms with Crippen molar-refractivity contribution in [3.8, 4) is 0 Å². The van der Waals surface area contributed by atoms with Gasteiger partial charge in [0.1, 0.15) is 0 Å². The van der Waals surface area contributed by atoms with Crippen LogP contribution in [0.3, 0.4) is 0 Å². The fourth-order valence-corrected chi connectivity index (χ4v) is 3.35. The Balaban J connectivity index is 1.90. The SMILES string of the molecule is CC1(C)C[N+](c2ccc3nc[nH]c(=O)c3c2)=Cc2ccccc21. The molecule has 0 atom stereocenters. The first-order chi connectivity index (χ1) is 11.0. The van der Waals surface area contributed by atoms with Crippen molar-refractivity contribution >= 4 is 22.8 Å². The van der Waals surface area contributed by atoms with Crippen molar-refractivity contribution in [2.45, 2.75) is 19.3 Å². The van der Waals surface area contributed by atoms with Gasteiger partial charge in [-0.3, -0.25) is 4.79 Å². The van der Waals surface area contributed by atoms with Gasteiger partial charge < -0.3 is 4.98 Å². The maximum absolute atomic E-state index is 12.0. The Hall–Kier alpha value is -2.75. The lowest BCUT2D eigenvalue weighted by molar-refractivity contribution is -0.448. The van der Waals surface area contributed by atoms with E-state index in [4.69, 9.17) is 0 Å². The summed E-state index contributed by atoms with van der Waals surface area (Å²) in [4.78, 5) is 18.9. The number of H-pyrrole nitrogens is 1. The number of hydrogen-bond donors (Lipinski definition) is 1. The summed E-state index contributed by atoms with van der Waals surface area (Å²) < 4.78 is 2.22. The molecule has 1 N–H and O–H groups in total. The molecule has 0 radical (unpaired) electrons. The minimum absolute atomic E-state index is 0.0433. The highest BCUT2D eigenvalue weighted by molar-refractivity contribution is 5.83. The lowest BCUT2D eigenvalue weighted by Crippen LogP contribution is -2.35. The minimum Gasteiger partial charge on any atom is -0.313 e. The fourth-order valence-electron chi connectivity index (χ4n) is 3.35. The van der Waals surface area contributed by atoms with Crippen LogP contribution >= 0.6 is 0 Å². The molecule has 0 saturated heterocycles. The molecule has 1 aromatic heterocycles. The first kappa shape index (κ1) is 13.9. The summed E-state index contributed by atoms with van der Waals surface area (Å²) in [6.45, 7) is 5.37. The Morgan fingerprint density at radius 3 is 2.87 bits per heavy atom. The van der Waals surface area contributed by atoms with Gasteiger partial charge in [-0.2, -0.15) is 4.58 Å². The minimum atomic E-state index is -0.103. The van der Waals surface area contributed by atoms with E-state index in [9.17, 15) is 4.79 Å². The summed E-state index contributed by atoms with van der Waals surface area (Å²) in [5, 5.41) is 0.620. The second kappa shape index (κ2) is 4.88. The third-order valence-electron chi connectivity index (χ3n) is 4.51. The molecule has 1 aliphatic heterocycles. The Labute approximate surface area is 134 Å². The molecule has 4 nitrogen and oxygen atoms in total. The highest BCUT2D eigenvalue weighted by Gasteiger charge is 2.34. The molecule has 0 spiro atoms. The van der Waals surface area contributed by atoms with Gasteiger partial charge in [0.25, 0.3) is 5.56 Å². The predicted octanol–water partition coefficient (Wildman–Crippen LogP) is 2.98. The van der Waals surface area contributed by atoms with Crippen molar-refractivity contribution in [3.05, 3.63) is 70.3 Å². The normalized spacial score (nSPS) is 16.0. The summed E-state index contributed by atoms with van der Waals surface area (Å²) in [6.07, 6.45) is 3.60. The summed E-state index contributed by atoms with van der Waals surface area (Å²) in [5.41, 5.74) is 4.25. The molecular weight excluding hydrogens is 286 g/mol. The van der Waals surface area contributed by atoms with Gasteiger partial charge in [0, 0.05) is 23.1 Å². The van der Waals surface area contributed by atoms with E-state index in [2.05, 4.69) is 58.9 Å². The monoisotopic (exact) mass is 304 g/mol. The van der Waals surface area contributed by atoms with Gasteiger partial charge in [0.15, 0.2) is 12.8 Å². The molecule has 0 bridgehead atoms. The Morgan fingerprint density at radius 1 is 1.17 bits per heavy atom. The number of aromatic nitrogens is 2. The van der Waals surface area contributed by atoms with Crippen LogP contribution in [0, 0.1) is 0 Å². The second-order valence-corrected chi connectivity index (χ2v) is 6.66. The standard InChI is InChI=1S/C19H17N3O/c1-19(2)11-22(10-13-5-3-4-6-16(13)19)14-7-8-17-15(9-14)18(23)21-12-20-17/h3-10,12H,11H2,1-2H3/p+1. The van der Waals surface area contributed by atoms with E-state index < -0.39 is 0 Å². The van der Waals surface area contributed by atoms with E-state index in [1.807, 2.05) is 18.2 Å². The van der Waals surface area contributed by atoms with E-state index in [0.29, 0.717) is 10.9 Å². The molecule has 0 fully saturated rings. The van der Waals surface area contributed by atoms with Crippen LogP contribution in [0.5, 0.6) is 0 Å². The fraction of sp³-hybridized carbons (Fsp3) is 0.211. The molecule has 2 heterocycles. The molecule has 0 unspecified atom stereocenters. The van der Waals surface area contributed by atoms with Crippen LogP contribution in [0.15, 0.2) is 53.6 Å². The Kier molecular flexibility index (Phi) is 2.94. The number of nitrogens with zero attached hydrogens (tertiary/aromatic N) is 2. The highest BCUT2D eigenvalue weighted by Crippen LogP contribution is 2.31. The molecule has 4 rings (SSSR count). The molecule has 3 aromatic rings. The van der Waals surface area contributed by atoms with Gasteiger partial charge in [0.05, 0.1) is 17.2 Å². The molecule has 2 aromatic carbocycles. The topological polar surface area (TPSA) is 48.8 Å². The molecule has 23 heavy (non-hydrogen) atoms. The van der Waals surface area contributed by atoms with Crippen LogP contribution < -0.4 is 5.56 Å². The van der Waals surface area contributed by atoms with E-state index in [0.717, 1.165) is 12.2 Å². The number of rotatable bonds is 1. The van der Waals surface area contributed by atoms with Crippen molar-refractivity contribution in [3.63, 3.8) is 0 Å². The third kappa shape index (κ3) is 2.27. The zero-order valence-corrected chi connectivity index (χ0v) is 13.2. The molecule has 4 heteroatoms. The van der Waals surface area contributed by atoms with Crippen molar-refractivity contribution in [1.29, 1.82) is 0 Å². The molecule has 0 aliphatic carbocycles. The van der Waals surface area contributed by atoms with Gasteiger partial charge in [-0.25, -0.2) is 4.98 Å². The molecule has 1 aliphatic rings. The van der Waals surface area contributed by atoms with Gasteiger partial charge in [-0.05, 0) is 31.5 Å². The Morgan fingerprint density at radius 2 is 2.00 bits per heavy atom. The van der Waals surface area contributed by atoms with Crippen molar-refractivity contribution in [1.82, 2.24) is 9.97 Å². The number of fused-ring (bicyclic) bond motifs is 2. The lowest BCUT2D eigenvalue weighted by Gasteiger charge is -2.28. The zero-order valence-electron chi connectivity index (χ0n) is 13.2. The van der Waals surface area contributed by atoms with Crippen LogP contribution in [0.4, 0.5) is 5.69 Å². The first-order valence-corrected chi connectivity index (χ1v) is 7.73. The van der Waals surface area contributed by atoms with Crippen molar-refractivity contribution in [2.24, 2.45) is 0 Å². The van der Waals surface area contributed by atoms with E-state index >= 15 is 0 Å². The van der Waals surface area contributed by atoms with Gasteiger partial charge in [-0.1, -0.05) is 18.2 Å².